The zero-order valence-corrected chi connectivity index (χ0v) is 7.42. The SMILES string of the molecule is C=C/C=C\C(=C/C)OC(=C)C=C. The molecular weight excluding hydrogens is 148 g/mol. The number of hydrogen-bond donors (Lipinski definition) is 0. The first kappa shape index (κ1) is 10.5. The van der Waals surface area contributed by atoms with Crippen LogP contribution in [0.15, 0.2) is 61.6 Å². The Labute approximate surface area is 74.1 Å². The number of allylic oxidation sites excluding steroid dienone is 5. The van der Waals surface area contributed by atoms with Crippen LogP contribution in [0.1, 0.15) is 6.92 Å². The minimum Gasteiger partial charge on any atom is -0.458 e. The van der Waals surface area contributed by atoms with Crippen LogP contribution in [0.4, 0.5) is 0 Å². The first-order chi connectivity index (χ1) is 5.74. The third-order valence-electron chi connectivity index (χ3n) is 1.16. The van der Waals surface area contributed by atoms with Crippen LogP contribution in [0, 0.1) is 0 Å². The maximum atomic E-state index is 5.26. The van der Waals surface area contributed by atoms with Crippen molar-refractivity contribution >= 4 is 0 Å². The largest absolute Gasteiger partial charge is 0.458 e. The molecule has 0 aromatic rings. The monoisotopic (exact) mass is 162 g/mol. The summed E-state index contributed by atoms with van der Waals surface area (Å²) in [6, 6.07) is 0. The van der Waals surface area contributed by atoms with Gasteiger partial charge >= 0.3 is 0 Å². The van der Waals surface area contributed by atoms with Crippen LogP contribution in [0.25, 0.3) is 0 Å². The highest BCUT2D eigenvalue weighted by molar-refractivity contribution is 5.19. The van der Waals surface area contributed by atoms with Crippen molar-refractivity contribution in [1.82, 2.24) is 0 Å². The summed E-state index contributed by atoms with van der Waals surface area (Å²) >= 11 is 0. The van der Waals surface area contributed by atoms with E-state index in [0.717, 1.165) is 5.76 Å². The Hall–Kier alpha value is -1.50. The summed E-state index contributed by atoms with van der Waals surface area (Å²) in [5.41, 5.74) is 0. The minimum atomic E-state index is 0.539. The van der Waals surface area contributed by atoms with Crippen molar-refractivity contribution in [2.24, 2.45) is 0 Å². The summed E-state index contributed by atoms with van der Waals surface area (Å²) < 4.78 is 5.26. The highest BCUT2D eigenvalue weighted by atomic mass is 16.5. The Balaban J connectivity index is 4.19. The Morgan fingerprint density at radius 1 is 1.33 bits per heavy atom. The van der Waals surface area contributed by atoms with Gasteiger partial charge in [0.25, 0.3) is 0 Å². The molecule has 0 bridgehead atoms. The molecule has 1 heteroatoms. The topological polar surface area (TPSA) is 9.23 Å². The van der Waals surface area contributed by atoms with Crippen LogP contribution >= 0.6 is 0 Å². The number of hydrogen-bond acceptors (Lipinski definition) is 1. The lowest BCUT2D eigenvalue weighted by Crippen LogP contribution is -1.85. The van der Waals surface area contributed by atoms with E-state index in [2.05, 4.69) is 19.7 Å². The average molecular weight is 162 g/mol. The van der Waals surface area contributed by atoms with Crippen LogP contribution in [-0.2, 0) is 4.74 Å². The maximum Gasteiger partial charge on any atom is 0.123 e. The summed E-state index contributed by atoms with van der Waals surface area (Å²) in [5, 5.41) is 0. The van der Waals surface area contributed by atoms with Crippen molar-refractivity contribution in [3.63, 3.8) is 0 Å². The lowest BCUT2D eigenvalue weighted by Gasteiger charge is -2.03. The van der Waals surface area contributed by atoms with E-state index in [0.29, 0.717) is 5.76 Å². The molecule has 1 nitrogen and oxygen atoms in total. The van der Waals surface area contributed by atoms with Gasteiger partial charge in [0.05, 0.1) is 0 Å². The van der Waals surface area contributed by atoms with E-state index in [1.54, 1.807) is 18.2 Å². The Bertz CT molecular complexity index is 231. The molecule has 0 rings (SSSR count). The van der Waals surface area contributed by atoms with E-state index >= 15 is 0 Å². The first-order valence-corrected chi connectivity index (χ1v) is 3.69. The van der Waals surface area contributed by atoms with E-state index in [4.69, 9.17) is 4.74 Å². The molecule has 0 aliphatic rings. The van der Waals surface area contributed by atoms with Gasteiger partial charge < -0.3 is 4.74 Å². The van der Waals surface area contributed by atoms with E-state index in [1.165, 1.54) is 0 Å². The van der Waals surface area contributed by atoms with Crippen LogP contribution in [-0.4, -0.2) is 0 Å². The van der Waals surface area contributed by atoms with E-state index in [-0.39, 0.29) is 0 Å². The molecule has 0 saturated carbocycles. The predicted molar refractivity (Wildman–Crippen MR) is 53.5 cm³/mol. The molecule has 0 unspecified atom stereocenters. The lowest BCUT2D eigenvalue weighted by atomic mass is 10.4. The zero-order valence-electron chi connectivity index (χ0n) is 7.42. The quantitative estimate of drug-likeness (QED) is 0.445. The van der Waals surface area contributed by atoms with Gasteiger partial charge in [-0.25, -0.2) is 0 Å². The molecule has 0 fully saturated rings. The molecule has 0 aromatic heterocycles. The van der Waals surface area contributed by atoms with E-state index in [1.807, 2.05) is 19.1 Å². The second-order valence-electron chi connectivity index (χ2n) is 2.06. The molecule has 0 N–H and O–H groups in total. The van der Waals surface area contributed by atoms with Crippen molar-refractivity contribution in [3.05, 3.63) is 61.6 Å². The molecule has 12 heavy (non-hydrogen) atoms. The fraction of sp³-hybridized carbons (Fsp3) is 0.0909. The third-order valence-corrected chi connectivity index (χ3v) is 1.16. The van der Waals surface area contributed by atoms with Gasteiger partial charge in [-0.1, -0.05) is 31.9 Å². The molecule has 0 saturated heterocycles. The number of rotatable bonds is 5. The van der Waals surface area contributed by atoms with E-state index in [9.17, 15) is 0 Å². The van der Waals surface area contributed by atoms with Gasteiger partial charge in [-0.05, 0) is 25.2 Å². The molecular formula is C11H14O. The molecule has 64 valence electrons. The summed E-state index contributed by atoms with van der Waals surface area (Å²) in [6.07, 6.45) is 8.69. The summed E-state index contributed by atoms with van der Waals surface area (Å²) in [5.74, 6) is 1.27. The van der Waals surface area contributed by atoms with Gasteiger partial charge in [0.1, 0.15) is 11.5 Å². The van der Waals surface area contributed by atoms with Gasteiger partial charge in [0.15, 0.2) is 0 Å². The third kappa shape index (κ3) is 4.34. The van der Waals surface area contributed by atoms with Gasteiger partial charge in [-0.2, -0.15) is 0 Å². The average Bonchev–Trinajstić information content (AvgIpc) is 2.11. The predicted octanol–water partition coefficient (Wildman–Crippen LogP) is 3.35. The molecule has 0 aliphatic heterocycles. The van der Waals surface area contributed by atoms with Crippen molar-refractivity contribution in [1.29, 1.82) is 0 Å². The van der Waals surface area contributed by atoms with Crippen LogP contribution < -0.4 is 0 Å². The molecule has 0 spiro atoms. The number of ether oxygens (including phenoxy) is 1. The van der Waals surface area contributed by atoms with Gasteiger partial charge in [-0.15, -0.1) is 0 Å². The summed E-state index contributed by atoms with van der Waals surface area (Å²) in [7, 11) is 0. The second kappa shape index (κ2) is 6.23. The fourth-order valence-electron chi connectivity index (χ4n) is 0.545. The lowest BCUT2D eigenvalue weighted by molar-refractivity contribution is 0.337. The van der Waals surface area contributed by atoms with Crippen molar-refractivity contribution in [3.8, 4) is 0 Å². The van der Waals surface area contributed by atoms with Crippen LogP contribution in [0.3, 0.4) is 0 Å². The summed E-state index contributed by atoms with van der Waals surface area (Å²) in [6.45, 7) is 12.6. The highest BCUT2D eigenvalue weighted by Crippen LogP contribution is 2.06. The van der Waals surface area contributed by atoms with Crippen molar-refractivity contribution < 1.29 is 4.74 Å². The van der Waals surface area contributed by atoms with Crippen LogP contribution in [0.5, 0.6) is 0 Å². The Morgan fingerprint density at radius 3 is 2.42 bits per heavy atom. The summed E-state index contributed by atoms with van der Waals surface area (Å²) in [4.78, 5) is 0. The standard InChI is InChI=1S/C11H14O/c1-5-8-9-11(7-3)12-10(4)6-2/h5-9H,1-2,4H2,3H3/b9-8-,11-7+. The fourth-order valence-corrected chi connectivity index (χ4v) is 0.545. The second-order valence-corrected chi connectivity index (χ2v) is 2.06. The molecule has 0 heterocycles. The molecule has 0 aromatic carbocycles. The molecule has 0 amide bonds. The zero-order chi connectivity index (χ0) is 9.40. The smallest absolute Gasteiger partial charge is 0.123 e. The Kier molecular flexibility index (Phi) is 5.45. The van der Waals surface area contributed by atoms with E-state index < -0.39 is 0 Å². The first-order valence-electron chi connectivity index (χ1n) is 3.69. The van der Waals surface area contributed by atoms with Crippen molar-refractivity contribution in [2.45, 2.75) is 6.92 Å². The molecule has 0 radical (unpaired) electrons. The highest BCUT2D eigenvalue weighted by Gasteiger charge is 1.90. The minimum absolute atomic E-state index is 0.539. The Morgan fingerprint density at radius 2 is 2.00 bits per heavy atom. The van der Waals surface area contributed by atoms with Gasteiger partial charge in [0.2, 0.25) is 0 Å². The maximum absolute atomic E-state index is 5.26. The van der Waals surface area contributed by atoms with Crippen molar-refractivity contribution in [2.75, 3.05) is 0 Å². The van der Waals surface area contributed by atoms with Crippen LogP contribution in [0.2, 0.25) is 0 Å². The molecule has 0 aliphatic carbocycles. The normalized spacial score (nSPS) is 11.2. The van der Waals surface area contributed by atoms with Gasteiger partial charge in [-0.3, -0.25) is 0 Å². The van der Waals surface area contributed by atoms with Gasteiger partial charge in [0, 0.05) is 0 Å². The molecule has 0 atom stereocenters.